The van der Waals surface area contributed by atoms with E-state index in [1.54, 1.807) is 0 Å². The van der Waals surface area contributed by atoms with Crippen LogP contribution in [0.5, 0.6) is 0 Å². The molecule has 25 heavy (non-hydrogen) atoms. The minimum Gasteiger partial charge on any atom is -0.396 e. The third kappa shape index (κ3) is 13.1. The van der Waals surface area contributed by atoms with Gasteiger partial charge in [0.2, 0.25) is 0 Å². The lowest BCUT2D eigenvalue weighted by Gasteiger charge is -2.22. The van der Waals surface area contributed by atoms with E-state index in [1.807, 2.05) is 0 Å². The van der Waals surface area contributed by atoms with Crippen LogP contribution in [0.2, 0.25) is 0 Å². The van der Waals surface area contributed by atoms with E-state index >= 15 is 0 Å². The molecule has 1 N–H and O–H groups in total. The molecule has 0 saturated heterocycles. The zero-order valence-corrected chi connectivity index (χ0v) is 16.9. The number of hydrogen-bond donors (Lipinski definition) is 1. The molecule has 0 atom stereocenters. The number of unbranched alkanes of at least 4 members (excludes halogenated alkanes) is 13. The molecule has 0 aliphatic carbocycles. The first kappa shape index (κ1) is 22.3. The molecule has 0 saturated carbocycles. The van der Waals surface area contributed by atoms with Crippen LogP contribution in [0.3, 0.4) is 0 Å². The predicted octanol–water partition coefficient (Wildman–Crippen LogP) is 6.61. The molecule has 0 aromatic carbocycles. The van der Waals surface area contributed by atoms with Gasteiger partial charge in [-0.1, -0.05) is 96.5 Å². The van der Waals surface area contributed by atoms with Crippen LogP contribution in [0.4, 0.5) is 0 Å². The van der Waals surface area contributed by atoms with Crippen LogP contribution in [0, 0.1) is 0 Å². The lowest BCUT2D eigenvalue weighted by molar-refractivity contribution is 0.299. The van der Waals surface area contributed by atoms with Crippen molar-refractivity contribution in [1.82, 2.24) is 4.90 Å². The molecule has 0 radical (unpaired) electrons. The molecule has 0 spiro atoms. The van der Waals surface area contributed by atoms with Crippen molar-refractivity contribution in [3.63, 3.8) is 0 Å². The summed E-state index contributed by atoms with van der Waals surface area (Å²) < 4.78 is 0. The maximum absolute atomic E-state index is 8.94. The van der Waals surface area contributed by atoms with Crippen molar-refractivity contribution in [3.8, 4) is 0 Å². The molecule has 1 rings (SSSR count). The van der Waals surface area contributed by atoms with E-state index in [0.29, 0.717) is 0 Å². The molecule has 0 unspecified atom stereocenters. The number of aliphatic hydroxyl groups excluding tert-OH is 1. The van der Waals surface area contributed by atoms with E-state index in [0.717, 1.165) is 13.0 Å². The second-order valence-electron chi connectivity index (χ2n) is 7.66. The molecule has 1 aliphatic heterocycles. The van der Waals surface area contributed by atoms with Gasteiger partial charge in [0.1, 0.15) is 0 Å². The van der Waals surface area contributed by atoms with Gasteiger partial charge in [-0.15, -0.1) is 0 Å². The van der Waals surface area contributed by atoms with Gasteiger partial charge in [-0.05, 0) is 30.7 Å². The summed E-state index contributed by atoms with van der Waals surface area (Å²) in [5.74, 6) is 0. The summed E-state index contributed by atoms with van der Waals surface area (Å²) in [7, 11) is 0. The van der Waals surface area contributed by atoms with Crippen molar-refractivity contribution < 1.29 is 5.11 Å². The third-order valence-corrected chi connectivity index (χ3v) is 5.29. The molecular formula is C23H43NO. The fraction of sp³-hybridized carbons (Fsp3) is 0.826. The molecule has 0 amide bonds. The van der Waals surface area contributed by atoms with Crippen molar-refractivity contribution >= 4 is 0 Å². The normalized spacial score (nSPS) is 14.2. The number of allylic oxidation sites excluding steroid dienone is 1. The maximum atomic E-state index is 8.94. The van der Waals surface area contributed by atoms with Crippen LogP contribution in [0.1, 0.15) is 103 Å². The Bertz CT molecular complexity index is 348. The average molecular weight is 350 g/mol. The summed E-state index contributed by atoms with van der Waals surface area (Å²) in [6, 6.07) is 0. The minimum absolute atomic E-state index is 0.259. The summed E-state index contributed by atoms with van der Waals surface area (Å²) in [5, 5.41) is 8.94. The highest BCUT2D eigenvalue weighted by Gasteiger charge is 2.03. The van der Waals surface area contributed by atoms with Crippen molar-refractivity contribution in [3.05, 3.63) is 23.9 Å². The van der Waals surface area contributed by atoms with E-state index in [4.69, 9.17) is 5.11 Å². The monoisotopic (exact) mass is 349 g/mol. The Morgan fingerprint density at radius 3 is 1.76 bits per heavy atom. The summed E-state index contributed by atoms with van der Waals surface area (Å²) in [5.41, 5.74) is 1.28. The second kappa shape index (κ2) is 16.7. The highest BCUT2D eigenvalue weighted by Crippen LogP contribution is 2.14. The van der Waals surface area contributed by atoms with Gasteiger partial charge in [-0.25, -0.2) is 0 Å². The van der Waals surface area contributed by atoms with Gasteiger partial charge in [0.25, 0.3) is 0 Å². The fourth-order valence-corrected chi connectivity index (χ4v) is 3.55. The zero-order chi connectivity index (χ0) is 18.0. The first-order chi connectivity index (χ1) is 12.4. The molecule has 0 fully saturated rings. The lowest BCUT2D eigenvalue weighted by Crippen LogP contribution is -2.21. The summed E-state index contributed by atoms with van der Waals surface area (Å²) in [4.78, 5) is 2.39. The van der Waals surface area contributed by atoms with E-state index in [-0.39, 0.29) is 6.61 Å². The predicted molar refractivity (Wildman–Crippen MR) is 111 cm³/mol. The molecule has 0 aromatic rings. The Hall–Kier alpha value is -0.760. The molecule has 0 bridgehead atoms. The molecule has 1 aliphatic rings. The Kier molecular flexibility index (Phi) is 14.9. The van der Waals surface area contributed by atoms with E-state index in [9.17, 15) is 0 Å². The van der Waals surface area contributed by atoms with Gasteiger partial charge in [0, 0.05) is 19.7 Å². The Morgan fingerprint density at radius 2 is 1.32 bits per heavy atom. The Balaban J connectivity index is 1.77. The van der Waals surface area contributed by atoms with Crippen LogP contribution >= 0.6 is 0 Å². The average Bonchev–Trinajstić information content (AvgIpc) is 2.63. The maximum Gasteiger partial charge on any atom is 0.0471 e. The van der Waals surface area contributed by atoms with Crippen LogP contribution in [-0.2, 0) is 0 Å². The topological polar surface area (TPSA) is 23.5 Å². The second-order valence-corrected chi connectivity index (χ2v) is 7.66. The number of rotatable bonds is 17. The van der Waals surface area contributed by atoms with Crippen LogP contribution in [0.25, 0.3) is 0 Å². The van der Waals surface area contributed by atoms with Gasteiger partial charge < -0.3 is 10.0 Å². The summed E-state index contributed by atoms with van der Waals surface area (Å²) in [6.07, 6.45) is 27.3. The molecule has 0 aromatic heterocycles. The lowest BCUT2D eigenvalue weighted by atomic mass is 10.0. The van der Waals surface area contributed by atoms with Crippen molar-refractivity contribution in [1.29, 1.82) is 0 Å². The molecule has 2 nitrogen and oxygen atoms in total. The molecule has 146 valence electrons. The molecule has 1 heterocycles. The van der Waals surface area contributed by atoms with Crippen LogP contribution in [0.15, 0.2) is 23.9 Å². The van der Waals surface area contributed by atoms with Crippen molar-refractivity contribution in [2.24, 2.45) is 0 Å². The zero-order valence-electron chi connectivity index (χ0n) is 16.9. The van der Waals surface area contributed by atoms with Crippen LogP contribution in [-0.4, -0.2) is 29.7 Å². The Labute approximate surface area is 157 Å². The van der Waals surface area contributed by atoms with Gasteiger partial charge >= 0.3 is 0 Å². The van der Waals surface area contributed by atoms with Gasteiger partial charge in [-0.3, -0.25) is 0 Å². The third-order valence-electron chi connectivity index (χ3n) is 5.29. The van der Waals surface area contributed by atoms with Crippen LogP contribution < -0.4 is 0 Å². The van der Waals surface area contributed by atoms with Crippen molar-refractivity contribution in [2.75, 3.05) is 19.7 Å². The van der Waals surface area contributed by atoms with Gasteiger partial charge in [-0.2, -0.15) is 0 Å². The summed E-state index contributed by atoms with van der Waals surface area (Å²) >= 11 is 0. The fourth-order valence-electron chi connectivity index (χ4n) is 3.55. The number of nitrogens with zero attached hydrogens (tertiary/aromatic N) is 1. The quantitative estimate of drug-likeness (QED) is 0.299. The first-order valence-corrected chi connectivity index (χ1v) is 11.1. The van der Waals surface area contributed by atoms with Gasteiger partial charge in [0.15, 0.2) is 0 Å². The largest absolute Gasteiger partial charge is 0.396 e. The smallest absolute Gasteiger partial charge is 0.0471 e. The van der Waals surface area contributed by atoms with Gasteiger partial charge in [0.05, 0.1) is 0 Å². The standard InChI is InChI=1S/C23H43NO/c1-2-3-4-5-6-7-8-9-10-11-12-13-14-15-19-24-20-16-23(17-21-24)18-22-25/h16-17,20,25H,2-15,18-19,21-22H2,1H3. The van der Waals surface area contributed by atoms with E-state index in [1.165, 1.54) is 102 Å². The SMILES string of the molecule is CCCCCCCCCCCCCCCCN1C=CC(CCO)=CC1. The van der Waals surface area contributed by atoms with Crippen molar-refractivity contribution in [2.45, 2.75) is 103 Å². The highest BCUT2D eigenvalue weighted by molar-refractivity contribution is 5.22. The van der Waals surface area contributed by atoms with E-state index in [2.05, 4.69) is 30.2 Å². The summed E-state index contributed by atoms with van der Waals surface area (Å²) in [6.45, 7) is 4.74. The number of hydrogen-bond acceptors (Lipinski definition) is 2. The molecule has 2 heteroatoms. The first-order valence-electron chi connectivity index (χ1n) is 11.1. The minimum atomic E-state index is 0.259. The highest BCUT2D eigenvalue weighted by atomic mass is 16.2. The van der Waals surface area contributed by atoms with E-state index < -0.39 is 0 Å². The number of aliphatic hydroxyl groups is 1. The molecular weight excluding hydrogens is 306 g/mol. The Morgan fingerprint density at radius 1 is 0.800 bits per heavy atom.